The van der Waals surface area contributed by atoms with Crippen LogP contribution in [0, 0.1) is 0 Å². The van der Waals surface area contributed by atoms with Crippen LogP contribution in [0.2, 0.25) is 0 Å². The van der Waals surface area contributed by atoms with Crippen LogP contribution in [-0.4, -0.2) is 50.7 Å². The van der Waals surface area contributed by atoms with E-state index in [-0.39, 0.29) is 0 Å². The number of nitrogens with one attached hydrogen (secondary N) is 2. The number of aryl methyl sites for hydroxylation is 1. The highest BCUT2D eigenvalue weighted by molar-refractivity contribution is 5.82. The van der Waals surface area contributed by atoms with Gasteiger partial charge in [0.15, 0.2) is 6.04 Å². The number of carbonyl (C=O) groups is 2. The first-order valence-electron chi connectivity index (χ1n) is 5.84. The highest BCUT2D eigenvalue weighted by atomic mass is 16.4. The van der Waals surface area contributed by atoms with Crippen LogP contribution in [-0.2, 0) is 18.3 Å². The van der Waals surface area contributed by atoms with Gasteiger partial charge in [-0.1, -0.05) is 0 Å². The third kappa shape index (κ3) is 4.59. The Hall–Kier alpha value is -2.09. The van der Waals surface area contributed by atoms with Crippen molar-refractivity contribution in [3.8, 4) is 0 Å². The minimum absolute atomic E-state index is 0.345. The van der Waals surface area contributed by atoms with E-state index in [9.17, 15) is 14.7 Å². The Morgan fingerprint density at radius 2 is 2.21 bits per heavy atom. The number of carboxylic acid groups (broad SMARTS) is 1. The van der Waals surface area contributed by atoms with Gasteiger partial charge in [-0.3, -0.25) is 4.68 Å². The molecule has 0 spiro atoms. The molecule has 1 rings (SSSR count). The van der Waals surface area contributed by atoms with Crippen molar-refractivity contribution in [2.75, 3.05) is 6.54 Å². The second kappa shape index (κ2) is 6.74. The summed E-state index contributed by atoms with van der Waals surface area (Å²) in [6.07, 6.45) is 1.07. The number of carboxylic acids is 1. The predicted octanol–water partition coefficient (Wildman–Crippen LogP) is -0.904. The number of aliphatic carboxylic acids is 1. The summed E-state index contributed by atoms with van der Waals surface area (Å²) in [5.41, 5.74) is 0.950. The van der Waals surface area contributed by atoms with E-state index in [1.165, 1.54) is 6.92 Å². The van der Waals surface area contributed by atoms with Gasteiger partial charge in [-0.15, -0.1) is 0 Å². The van der Waals surface area contributed by atoms with Crippen molar-refractivity contribution in [1.82, 2.24) is 20.4 Å². The van der Waals surface area contributed by atoms with E-state index in [1.807, 2.05) is 6.07 Å². The Balaban J connectivity index is 2.35. The van der Waals surface area contributed by atoms with Crippen LogP contribution in [0.25, 0.3) is 0 Å². The normalized spacial score (nSPS) is 13.6. The topological polar surface area (TPSA) is 116 Å². The fourth-order valence-electron chi connectivity index (χ4n) is 1.53. The third-order valence-corrected chi connectivity index (χ3v) is 2.62. The van der Waals surface area contributed by atoms with E-state index in [0.29, 0.717) is 13.0 Å². The van der Waals surface area contributed by atoms with E-state index >= 15 is 0 Å². The average molecular weight is 270 g/mol. The molecule has 0 aromatic carbocycles. The fraction of sp³-hybridized carbons (Fsp3) is 0.545. The Morgan fingerprint density at radius 3 is 2.68 bits per heavy atom. The van der Waals surface area contributed by atoms with Crippen LogP contribution in [0.1, 0.15) is 12.6 Å². The number of aliphatic hydroxyl groups excluding tert-OH is 1. The van der Waals surface area contributed by atoms with Crippen molar-refractivity contribution < 1.29 is 19.8 Å². The molecule has 0 aliphatic carbocycles. The standard InChI is InChI=1S/C11H18N4O4/c1-7(16)9(10(17)18)14-11(19)12-5-3-8-4-6-13-15(8)2/h4,6-7,9,16H,3,5H2,1-2H3,(H,17,18)(H2,12,14,19)/t7-,9+/m1/s1. The summed E-state index contributed by atoms with van der Waals surface area (Å²) in [5, 5.41) is 26.7. The molecule has 1 aromatic rings. The molecular weight excluding hydrogens is 252 g/mol. The Morgan fingerprint density at radius 1 is 1.53 bits per heavy atom. The number of hydrogen-bond acceptors (Lipinski definition) is 4. The summed E-state index contributed by atoms with van der Waals surface area (Å²) in [7, 11) is 1.79. The van der Waals surface area contributed by atoms with Gasteiger partial charge in [0.05, 0.1) is 6.10 Å². The Bertz CT molecular complexity index is 444. The van der Waals surface area contributed by atoms with Crippen molar-refractivity contribution in [3.63, 3.8) is 0 Å². The van der Waals surface area contributed by atoms with Crippen LogP contribution in [0.3, 0.4) is 0 Å². The molecule has 19 heavy (non-hydrogen) atoms. The molecule has 1 heterocycles. The lowest BCUT2D eigenvalue weighted by Crippen LogP contribution is -2.51. The number of rotatable bonds is 6. The van der Waals surface area contributed by atoms with Gasteiger partial charge in [-0.2, -0.15) is 5.10 Å². The molecule has 8 nitrogen and oxygen atoms in total. The molecule has 0 aliphatic heterocycles. The van der Waals surface area contributed by atoms with Crippen molar-refractivity contribution >= 4 is 12.0 Å². The smallest absolute Gasteiger partial charge is 0.328 e. The lowest BCUT2D eigenvalue weighted by molar-refractivity contribution is -0.141. The van der Waals surface area contributed by atoms with Crippen molar-refractivity contribution in [1.29, 1.82) is 0 Å². The molecule has 106 valence electrons. The quantitative estimate of drug-likeness (QED) is 0.534. The first-order valence-corrected chi connectivity index (χ1v) is 5.84. The fourth-order valence-corrected chi connectivity index (χ4v) is 1.53. The van der Waals surface area contributed by atoms with Crippen LogP contribution in [0.5, 0.6) is 0 Å². The molecule has 2 amide bonds. The second-order valence-corrected chi connectivity index (χ2v) is 4.15. The number of hydrogen-bond donors (Lipinski definition) is 4. The zero-order chi connectivity index (χ0) is 14.4. The van der Waals surface area contributed by atoms with Crippen molar-refractivity contribution in [2.24, 2.45) is 7.05 Å². The van der Waals surface area contributed by atoms with Crippen LogP contribution in [0.15, 0.2) is 12.3 Å². The Labute approximate surface area is 110 Å². The van der Waals surface area contributed by atoms with Crippen molar-refractivity contribution in [3.05, 3.63) is 18.0 Å². The maximum atomic E-state index is 11.5. The van der Waals surface area contributed by atoms with Gasteiger partial charge in [0.1, 0.15) is 0 Å². The van der Waals surface area contributed by atoms with Crippen molar-refractivity contribution in [2.45, 2.75) is 25.5 Å². The molecule has 0 saturated carbocycles. The molecule has 0 radical (unpaired) electrons. The molecule has 0 unspecified atom stereocenters. The van der Waals surface area contributed by atoms with Crippen LogP contribution < -0.4 is 10.6 Å². The second-order valence-electron chi connectivity index (χ2n) is 4.15. The minimum atomic E-state index is -1.32. The molecule has 8 heteroatoms. The van der Waals surface area contributed by atoms with Gasteiger partial charge in [0.2, 0.25) is 0 Å². The summed E-state index contributed by atoms with van der Waals surface area (Å²) < 4.78 is 1.69. The van der Waals surface area contributed by atoms with Gasteiger partial charge in [-0.05, 0) is 13.0 Å². The van der Waals surface area contributed by atoms with Gasteiger partial charge < -0.3 is 20.8 Å². The molecule has 4 N–H and O–H groups in total. The Kier molecular flexibility index (Phi) is 5.31. The average Bonchev–Trinajstić information content (AvgIpc) is 2.71. The van der Waals surface area contributed by atoms with Crippen LogP contribution in [0.4, 0.5) is 4.79 Å². The van der Waals surface area contributed by atoms with E-state index in [4.69, 9.17) is 5.11 Å². The monoisotopic (exact) mass is 270 g/mol. The predicted molar refractivity (Wildman–Crippen MR) is 66.6 cm³/mol. The first-order chi connectivity index (χ1) is 8.91. The van der Waals surface area contributed by atoms with E-state index < -0.39 is 24.1 Å². The minimum Gasteiger partial charge on any atom is -0.480 e. The highest BCUT2D eigenvalue weighted by Gasteiger charge is 2.24. The maximum Gasteiger partial charge on any atom is 0.328 e. The molecule has 0 aliphatic rings. The zero-order valence-electron chi connectivity index (χ0n) is 10.8. The van der Waals surface area contributed by atoms with Gasteiger partial charge in [0.25, 0.3) is 0 Å². The van der Waals surface area contributed by atoms with Crippen LogP contribution >= 0.6 is 0 Å². The molecule has 1 aromatic heterocycles. The number of amides is 2. The number of aliphatic hydroxyl groups is 1. The van der Waals surface area contributed by atoms with E-state index in [0.717, 1.165) is 5.69 Å². The lowest BCUT2D eigenvalue weighted by Gasteiger charge is -2.17. The highest BCUT2D eigenvalue weighted by Crippen LogP contribution is 1.96. The molecule has 0 saturated heterocycles. The van der Waals surface area contributed by atoms with E-state index in [1.54, 1.807) is 17.9 Å². The summed E-state index contributed by atoms with van der Waals surface area (Å²) >= 11 is 0. The van der Waals surface area contributed by atoms with Gasteiger partial charge >= 0.3 is 12.0 Å². The summed E-state index contributed by atoms with van der Waals surface area (Å²) in [5.74, 6) is -1.28. The van der Waals surface area contributed by atoms with E-state index in [2.05, 4.69) is 15.7 Å². The third-order valence-electron chi connectivity index (χ3n) is 2.62. The largest absolute Gasteiger partial charge is 0.480 e. The first kappa shape index (κ1) is 15.0. The number of nitrogens with zero attached hydrogens (tertiary/aromatic N) is 2. The zero-order valence-corrected chi connectivity index (χ0v) is 10.8. The molecular formula is C11H18N4O4. The molecule has 0 bridgehead atoms. The SMILES string of the molecule is C[C@@H](O)[C@H](NC(=O)NCCc1ccnn1C)C(=O)O. The summed E-state index contributed by atoms with van der Waals surface area (Å²) in [4.78, 5) is 22.2. The molecule has 2 atom stereocenters. The molecule has 0 fully saturated rings. The summed E-state index contributed by atoms with van der Waals surface area (Å²) in [6, 6.07) is -0.123. The number of aromatic nitrogens is 2. The summed E-state index contributed by atoms with van der Waals surface area (Å²) in [6.45, 7) is 1.65. The number of carbonyl (C=O) groups excluding carboxylic acids is 1. The van der Waals surface area contributed by atoms with Gasteiger partial charge in [0, 0.05) is 31.9 Å². The number of urea groups is 1. The lowest BCUT2D eigenvalue weighted by atomic mass is 10.2. The maximum absolute atomic E-state index is 11.5. The van der Waals surface area contributed by atoms with Gasteiger partial charge in [-0.25, -0.2) is 9.59 Å².